The van der Waals surface area contributed by atoms with Gasteiger partial charge in [-0.25, -0.2) is 4.79 Å². The summed E-state index contributed by atoms with van der Waals surface area (Å²) in [6, 6.07) is -0.706. The third-order valence-electron chi connectivity index (χ3n) is 1.10. The highest BCUT2D eigenvalue weighted by Crippen LogP contribution is 2.00. The Hall–Kier alpha value is -0.910. The second kappa shape index (κ2) is 6.78. The number of carbonyl (C=O) groups is 1. The van der Waals surface area contributed by atoms with Gasteiger partial charge in [-0.15, -0.1) is 0 Å². The molecule has 0 fully saturated rings. The van der Waals surface area contributed by atoms with Crippen molar-refractivity contribution in [3.8, 4) is 0 Å². The van der Waals surface area contributed by atoms with E-state index < -0.39 is 12.0 Å². The Morgan fingerprint density at radius 3 is 3.08 bits per heavy atom. The smallest absolute Gasteiger partial charge is 0.334 e. The zero-order valence-corrected chi connectivity index (χ0v) is 7.45. The van der Waals surface area contributed by atoms with E-state index in [1.54, 1.807) is 11.8 Å². The van der Waals surface area contributed by atoms with E-state index in [-0.39, 0.29) is 0 Å². The molecule has 0 heterocycles. The largest absolute Gasteiger partial charge is 0.357 e. The van der Waals surface area contributed by atoms with Crippen LogP contribution in [-0.2, 0) is 9.63 Å². The van der Waals surface area contributed by atoms with Crippen LogP contribution in [0.15, 0.2) is 5.28 Å². The molecule has 1 atom stereocenters. The van der Waals surface area contributed by atoms with Crippen molar-refractivity contribution in [1.29, 1.82) is 0 Å². The number of rotatable bonds is 5. The molecule has 0 aromatic rings. The number of azide groups is 1. The van der Waals surface area contributed by atoms with Crippen molar-refractivity contribution >= 4 is 17.7 Å². The van der Waals surface area contributed by atoms with Gasteiger partial charge in [0.25, 0.3) is 0 Å². The molecule has 0 saturated heterocycles. The molecular weight excluding hydrogens is 180 g/mol. The van der Waals surface area contributed by atoms with Crippen molar-refractivity contribution in [2.24, 2.45) is 11.0 Å². The monoisotopic (exact) mass is 190 g/mol. The standard InChI is InChI=1S/C5H10N4O2S/c1-12-3-2-4(6)5(10)11-9-8-7/h4H,2-3,6H2,1H3/t4-/m0/s1. The first-order chi connectivity index (χ1) is 5.72. The van der Waals surface area contributed by atoms with Crippen molar-refractivity contribution in [3.63, 3.8) is 0 Å². The molecule has 0 amide bonds. The van der Waals surface area contributed by atoms with E-state index in [9.17, 15) is 4.79 Å². The molecule has 0 bridgehead atoms. The average molecular weight is 190 g/mol. The van der Waals surface area contributed by atoms with Crippen molar-refractivity contribution < 1.29 is 9.63 Å². The van der Waals surface area contributed by atoms with E-state index in [1.807, 2.05) is 6.26 Å². The molecule has 0 spiro atoms. The number of hydrogen-bond donors (Lipinski definition) is 1. The van der Waals surface area contributed by atoms with Crippen LogP contribution < -0.4 is 5.73 Å². The van der Waals surface area contributed by atoms with Gasteiger partial charge in [-0.1, -0.05) is 0 Å². The van der Waals surface area contributed by atoms with Gasteiger partial charge in [0, 0.05) is 4.91 Å². The lowest BCUT2D eigenvalue weighted by molar-refractivity contribution is -0.145. The fraction of sp³-hybridized carbons (Fsp3) is 0.800. The van der Waals surface area contributed by atoms with Crippen LogP contribution in [0.3, 0.4) is 0 Å². The van der Waals surface area contributed by atoms with Gasteiger partial charge in [-0.2, -0.15) is 11.8 Å². The second-order valence-corrected chi connectivity index (χ2v) is 2.95. The number of nitrogens with zero attached hydrogens (tertiary/aromatic N) is 3. The van der Waals surface area contributed by atoms with Gasteiger partial charge in [0.15, 0.2) is 0 Å². The van der Waals surface area contributed by atoms with E-state index in [0.29, 0.717) is 6.42 Å². The first-order valence-electron chi connectivity index (χ1n) is 3.22. The van der Waals surface area contributed by atoms with E-state index >= 15 is 0 Å². The van der Waals surface area contributed by atoms with Gasteiger partial charge in [-0.3, -0.25) is 0 Å². The predicted molar refractivity (Wildman–Crippen MR) is 46.2 cm³/mol. The maximum absolute atomic E-state index is 10.8. The zero-order valence-electron chi connectivity index (χ0n) is 6.64. The first kappa shape index (κ1) is 11.1. The Balaban J connectivity index is 3.68. The lowest BCUT2D eigenvalue weighted by Crippen LogP contribution is -2.31. The Morgan fingerprint density at radius 1 is 1.92 bits per heavy atom. The molecule has 0 aliphatic carbocycles. The Morgan fingerprint density at radius 2 is 2.58 bits per heavy atom. The van der Waals surface area contributed by atoms with Crippen LogP contribution in [0.2, 0.25) is 0 Å². The topological polar surface area (TPSA) is 101 Å². The zero-order chi connectivity index (χ0) is 9.40. The maximum Gasteiger partial charge on any atom is 0.334 e. The minimum Gasteiger partial charge on any atom is -0.357 e. The van der Waals surface area contributed by atoms with Crippen LogP contribution in [0.25, 0.3) is 10.4 Å². The van der Waals surface area contributed by atoms with Crippen molar-refractivity contribution in [2.75, 3.05) is 12.0 Å². The van der Waals surface area contributed by atoms with Gasteiger partial charge in [0.05, 0.1) is 0 Å². The lowest BCUT2D eigenvalue weighted by Gasteiger charge is -2.05. The van der Waals surface area contributed by atoms with Gasteiger partial charge < -0.3 is 10.6 Å². The summed E-state index contributed by atoms with van der Waals surface area (Å²) in [5.41, 5.74) is 13.2. The summed E-state index contributed by atoms with van der Waals surface area (Å²) in [6.07, 6.45) is 2.42. The summed E-state index contributed by atoms with van der Waals surface area (Å²) in [5.74, 6) is 0.0776. The van der Waals surface area contributed by atoms with Gasteiger partial charge in [-0.05, 0) is 24.0 Å². The van der Waals surface area contributed by atoms with Crippen molar-refractivity contribution in [2.45, 2.75) is 12.5 Å². The molecular formula is C5H10N4O2S. The SMILES string of the molecule is CSCC[C@H](N)C(=O)ON=[N+]=[N-]. The minimum absolute atomic E-state index is 0.515. The lowest BCUT2D eigenvalue weighted by atomic mass is 10.2. The summed E-state index contributed by atoms with van der Waals surface area (Å²) in [4.78, 5) is 17.1. The molecule has 0 aromatic carbocycles. The van der Waals surface area contributed by atoms with Crippen LogP contribution >= 0.6 is 11.8 Å². The predicted octanol–water partition coefficient (Wildman–Crippen LogP) is 0.835. The van der Waals surface area contributed by atoms with E-state index in [0.717, 1.165) is 5.75 Å². The third kappa shape index (κ3) is 4.84. The number of thioether (sulfide) groups is 1. The molecule has 0 radical (unpaired) electrons. The molecule has 12 heavy (non-hydrogen) atoms. The van der Waals surface area contributed by atoms with Gasteiger partial charge in [0.2, 0.25) is 0 Å². The summed E-state index contributed by atoms with van der Waals surface area (Å²) in [7, 11) is 0. The van der Waals surface area contributed by atoms with Crippen LogP contribution in [0.5, 0.6) is 0 Å². The molecule has 2 N–H and O–H groups in total. The molecule has 7 heteroatoms. The molecule has 0 aromatic heterocycles. The Labute approximate surface area is 74.0 Å². The minimum atomic E-state index is -0.706. The Kier molecular flexibility index (Phi) is 6.26. The summed E-state index contributed by atoms with van der Waals surface area (Å²) in [6.45, 7) is 0. The van der Waals surface area contributed by atoms with Crippen LogP contribution in [0, 0.1) is 0 Å². The highest BCUT2D eigenvalue weighted by molar-refractivity contribution is 7.98. The van der Waals surface area contributed by atoms with Gasteiger partial charge >= 0.3 is 5.97 Å². The Bertz CT molecular complexity index is 192. The third-order valence-corrected chi connectivity index (χ3v) is 1.75. The molecule has 0 unspecified atom stereocenters. The highest BCUT2D eigenvalue weighted by atomic mass is 32.2. The maximum atomic E-state index is 10.8. The van der Waals surface area contributed by atoms with Crippen LogP contribution in [-0.4, -0.2) is 24.0 Å². The van der Waals surface area contributed by atoms with E-state index in [1.165, 1.54) is 0 Å². The molecule has 0 saturated carbocycles. The van der Waals surface area contributed by atoms with Gasteiger partial charge in [0.1, 0.15) is 11.3 Å². The number of nitrogens with two attached hydrogens (primary N) is 1. The second-order valence-electron chi connectivity index (χ2n) is 1.97. The first-order valence-corrected chi connectivity index (χ1v) is 4.61. The quantitative estimate of drug-likeness (QED) is 0.300. The summed E-state index contributed by atoms with van der Waals surface area (Å²) in [5, 5.41) is 2.65. The molecule has 0 aliphatic rings. The molecule has 6 nitrogen and oxygen atoms in total. The number of hydrogen-bond acceptors (Lipinski definition) is 5. The van der Waals surface area contributed by atoms with Crippen LogP contribution in [0.1, 0.15) is 6.42 Å². The molecule has 0 rings (SSSR count). The average Bonchev–Trinajstić information content (AvgIpc) is 2.10. The van der Waals surface area contributed by atoms with Crippen molar-refractivity contribution in [3.05, 3.63) is 10.4 Å². The van der Waals surface area contributed by atoms with Crippen LogP contribution in [0.4, 0.5) is 0 Å². The summed E-state index contributed by atoms with van der Waals surface area (Å²) >= 11 is 1.58. The fourth-order valence-corrected chi connectivity index (χ4v) is 0.978. The van der Waals surface area contributed by atoms with Crippen molar-refractivity contribution in [1.82, 2.24) is 0 Å². The number of carbonyl (C=O) groups excluding carboxylic acids is 1. The fourth-order valence-electron chi connectivity index (χ4n) is 0.489. The molecule has 0 aliphatic heterocycles. The van der Waals surface area contributed by atoms with E-state index in [4.69, 9.17) is 11.3 Å². The highest BCUT2D eigenvalue weighted by Gasteiger charge is 2.13. The normalized spacial score (nSPS) is 11.5. The molecule has 68 valence electrons. The summed E-state index contributed by atoms with van der Waals surface area (Å²) < 4.78 is 0. The van der Waals surface area contributed by atoms with E-state index in [2.05, 4.69) is 15.0 Å².